The molecule has 0 spiro atoms. The summed E-state index contributed by atoms with van der Waals surface area (Å²) in [7, 11) is 0. The summed E-state index contributed by atoms with van der Waals surface area (Å²) in [6.07, 6.45) is 1.30. The van der Waals surface area contributed by atoms with Crippen molar-refractivity contribution >= 4 is 23.2 Å². The molecule has 1 aromatic rings. The van der Waals surface area contributed by atoms with Gasteiger partial charge in [-0.3, -0.25) is 9.59 Å². The van der Waals surface area contributed by atoms with E-state index in [-0.39, 0.29) is 11.8 Å². The second-order valence-corrected chi connectivity index (χ2v) is 5.04. The van der Waals surface area contributed by atoms with Gasteiger partial charge in [-0.15, -0.1) is 0 Å². The molecule has 0 radical (unpaired) electrons. The number of rotatable bonds is 7. The average molecular weight is 291 g/mol. The van der Waals surface area contributed by atoms with E-state index < -0.39 is 0 Å². The molecule has 0 fully saturated rings. The normalized spacial score (nSPS) is 10.2. The molecule has 0 heterocycles. The molecule has 5 heteroatoms. The number of anilines is 2. The molecule has 5 nitrogen and oxygen atoms in total. The van der Waals surface area contributed by atoms with Gasteiger partial charge in [-0.1, -0.05) is 6.07 Å². The van der Waals surface area contributed by atoms with Crippen LogP contribution in [0.15, 0.2) is 18.2 Å². The number of nitrogen functional groups attached to an aromatic ring is 1. The lowest BCUT2D eigenvalue weighted by atomic mass is 10.1. The van der Waals surface area contributed by atoms with E-state index in [0.29, 0.717) is 38.0 Å². The van der Waals surface area contributed by atoms with E-state index in [0.717, 1.165) is 11.3 Å². The molecule has 3 N–H and O–H groups in total. The molecule has 0 unspecified atom stereocenters. The first kappa shape index (κ1) is 17.0. The highest BCUT2D eigenvalue weighted by molar-refractivity contribution is 5.92. The number of carbonyl (C=O) groups is 2. The number of nitrogens with one attached hydrogen (secondary N) is 1. The lowest BCUT2D eigenvalue weighted by molar-refractivity contribution is -0.130. The highest BCUT2D eigenvalue weighted by Gasteiger charge is 2.11. The highest BCUT2D eigenvalue weighted by Crippen LogP contribution is 2.18. The predicted octanol–water partition coefficient (Wildman–Crippen LogP) is 2.55. The fraction of sp³-hybridized carbons (Fsp3) is 0.500. The Morgan fingerprint density at radius 3 is 2.48 bits per heavy atom. The summed E-state index contributed by atoms with van der Waals surface area (Å²) < 4.78 is 0. The van der Waals surface area contributed by atoms with Crippen molar-refractivity contribution in [3.63, 3.8) is 0 Å². The number of amides is 2. The SMILES string of the molecule is CCN(CC)C(=O)CCCC(=O)Nc1cc(N)ccc1C. The molecule has 1 rings (SSSR count). The van der Waals surface area contributed by atoms with Gasteiger partial charge in [0.25, 0.3) is 0 Å². The van der Waals surface area contributed by atoms with Crippen molar-refractivity contribution in [1.29, 1.82) is 0 Å². The minimum absolute atomic E-state index is 0.0870. The molecule has 0 aliphatic rings. The van der Waals surface area contributed by atoms with Gasteiger partial charge in [0.05, 0.1) is 0 Å². The minimum Gasteiger partial charge on any atom is -0.399 e. The number of carbonyl (C=O) groups excluding carboxylic acids is 2. The van der Waals surface area contributed by atoms with Crippen LogP contribution in [0.4, 0.5) is 11.4 Å². The first-order chi connectivity index (χ1) is 9.97. The van der Waals surface area contributed by atoms with E-state index in [9.17, 15) is 9.59 Å². The summed E-state index contributed by atoms with van der Waals surface area (Å²) in [5.74, 6) is 0.0176. The summed E-state index contributed by atoms with van der Waals surface area (Å²) in [4.78, 5) is 25.5. The van der Waals surface area contributed by atoms with E-state index in [1.807, 2.05) is 26.8 Å². The maximum atomic E-state index is 11.9. The van der Waals surface area contributed by atoms with Crippen molar-refractivity contribution in [1.82, 2.24) is 4.90 Å². The molecule has 21 heavy (non-hydrogen) atoms. The number of nitrogens with two attached hydrogens (primary N) is 1. The van der Waals surface area contributed by atoms with Gasteiger partial charge in [0.1, 0.15) is 0 Å². The van der Waals surface area contributed by atoms with Gasteiger partial charge in [-0.2, -0.15) is 0 Å². The van der Waals surface area contributed by atoms with Crippen molar-refractivity contribution in [2.24, 2.45) is 0 Å². The van der Waals surface area contributed by atoms with Crippen molar-refractivity contribution in [2.75, 3.05) is 24.1 Å². The van der Waals surface area contributed by atoms with Gasteiger partial charge >= 0.3 is 0 Å². The van der Waals surface area contributed by atoms with Crippen molar-refractivity contribution in [3.8, 4) is 0 Å². The zero-order valence-corrected chi connectivity index (χ0v) is 13.1. The number of benzene rings is 1. The quantitative estimate of drug-likeness (QED) is 0.758. The number of nitrogens with zero attached hydrogens (tertiary/aromatic N) is 1. The van der Waals surface area contributed by atoms with Crippen LogP contribution in [0.5, 0.6) is 0 Å². The van der Waals surface area contributed by atoms with Crippen LogP contribution in [-0.4, -0.2) is 29.8 Å². The smallest absolute Gasteiger partial charge is 0.224 e. The summed E-state index contributed by atoms with van der Waals surface area (Å²) in [6.45, 7) is 7.25. The second-order valence-electron chi connectivity index (χ2n) is 5.04. The molecular weight excluding hydrogens is 266 g/mol. The van der Waals surface area contributed by atoms with Crippen molar-refractivity contribution < 1.29 is 9.59 Å². The molecule has 0 aromatic heterocycles. The first-order valence-corrected chi connectivity index (χ1v) is 7.41. The molecule has 0 atom stereocenters. The number of aryl methyl sites for hydroxylation is 1. The average Bonchev–Trinajstić information content (AvgIpc) is 2.44. The Hall–Kier alpha value is -2.04. The van der Waals surface area contributed by atoms with Crippen LogP contribution in [-0.2, 0) is 9.59 Å². The maximum Gasteiger partial charge on any atom is 0.224 e. The Balaban J connectivity index is 2.41. The monoisotopic (exact) mass is 291 g/mol. The van der Waals surface area contributed by atoms with Crippen LogP contribution in [0.2, 0.25) is 0 Å². The van der Waals surface area contributed by atoms with Gasteiger partial charge in [0, 0.05) is 37.3 Å². The summed E-state index contributed by atoms with van der Waals surface area (Å²) in [5.41, 5.74) is 8.02. The fourth-order valence-corrected chi connectivity index (χ4v) is 2.12. The standard InChI is InChI=1S/C16H25N3O2/c1-4-19(5-2)16(21)8-6-7-15(20)18-14-11-13(17)10-9-12(14)3/h9-11H,4-8,17H2,1-3H3,(H,18,20). The summed E-state index contributed by atoms with van der Waals surface area (Å²) in [5, 5.41) is 2.84. The Bertz CT molecular complexity index is 496. The minimum atomic E-state index is -0.0870. The third-order valence-electron chi connectivity index (χ3n) is 3.45. The molecule has 0 aliphatic heterocycles. The third kappa shape index (κ3) is 5.45. The van der Waals surface area contributed by atoms with Gasteiger partial charge in [0.15, 0.2) is 0 Å². The van der Waals surface area contributed by atoms with Gasteiger partial charge in [-0.25, -0.2) is 0 Å². The Morgan fingerprint density at radius 1 is 1.19 bits per heavy atom. The molecule has 116 valence electrons. The maximum absolute atomic E-state index is 11.9. The van der Waals surface area contributed by atoms with Crippen LogP contribution in [0.3, 0.4) is 0 Å². The number of hydrogen-bond donors (Lipinski definition) is 2. The molecule has 0 bridgehead atoms. The fourth-order valence-electron chi connectivity index (χ4n) is 2.12. The molecule has 0 saturated heterocycles. The largest absolute Gasteiger partial charge is 0.399 e. The van der Waals surface area contributed by atoms with Crippen molar-refractivity contribution in [2.45, 2.75) is 40.0 Å². The first-order valence-electron chi connectivity index (χ1n) is 7.41. The van der Waals surface area contributed by atoms with Gasteiger partial charge in [-0.05, 0) is 44.9 Å². The Kier molecular flexibility index (Phi) is 6.72. The topological polar surface area (TPSA) is 75.4 Å². The van der Waals surface area contributed by atoms with E-state index in [2.05, 4.69) is 5.32 Å². The van der Waals surface area contributed by atoms with E-state index in [1.165, 1.54) is 0 Å². The highest BCUT2D eigenvalue weighted by atomic mass is 16.2. The van der Waals surface area contributed by atoms with E-state index in [1.54, 1.807) is 17.0 Å². The van der Waals surface area contributed by atoms with Crippen LogP contribution in [0.1, 0.15) is 38.7 Å². The van der Waals surface area contributed by atoms with Crippen LogP contribution < -0.4 is 11.1 Å². The molecule has 2 amide bonds. The lowest BCUT2D eigenvalue weighted by Crippen LogP contribution is -2.30. The third-order valence-corrected chi connectivity index (χ3v) is 3.45. The van der Waals surface area contributed by atoms with Gasteiger partial charge < -0.3 is 16.0 Å². The van der Waals surface area contributed by atoms with Crippen molar-refractivity contribution in [3.05, 3.63) is 23.8 Å². The Labute approximate surface area is 126 Å². The predicted molar refractivity (Wildman–Crippen MR) is 86.0 cm³/mol. The number of hydrogen-bond acceptors (Lipinski definition) is 3. The van der Waals surface area contributed by atoms with Crippen LogP contribution >= 0.6 is 0 Å². The van der Waals surface area contributed by atoms with Crippen LogP contribution in [0.25, 0.3) is 0 Å². The molecule has 0 aliphatic carbocycles. The van der Waals surface area contributed by atoms with Gasteiger partial charge in [0.2, 0.25) is 11.8 Å². The molecule has 1 aromatic carbocycles. The molecular formula is C16H25N3O2. The zero-order valence-electron chi connectivity index (χ0n) is 13.1. The lowest BCUT2D eigenvalue weighted by Gasteiger charge is -2.18. The van der Waals surface area contributed by atoms with E-state index in [4.69, 9.17) is 5.73 Å². The summed E-state index contributed by atoms with van der Waals surface area (Å²) in [6, 6.07) is 5.41. The Morgan fingerprint density at radius 2 is 1.86 bits per heavy atom. The summed E-state index contributed by atoms with van der Waals surface area (Å²) >= 11 is 0. The zero-order chi connectivity index (χ0) is 15.8. The second kappa shape index (κ2) is 8.29. The van der Waals surface area contributed by atoms with E-state index >= 15 is 0 Å². The molecule has 0 saturated carbocycles. The van der Waals surface area contributed by atoms with Crippen LogP contribution in [0, 0.1) is 6.92 Å².